The second kappa shape index (κ2) is 13.0. The number of halogens is 1. The largest absolute Gasteiger partial charge is 0.357 e. The standard InChI is InChI=1S/C20H38N6S.HI/c1-7-21-20(22-9-8-19-24-16(4)17(5)27-19)23-14-18(15(2)3)26-12-10-25(6)11-13-26;/h15,18H,7-14H2,1-6H3,(H2,21,22,23);1H. The molecule has 0 aromatic carbocycles. The zero-order chi connectivity index (χ0) is 19.8. The van der Waals surface area contributed by atoms with E-state index in [0.29, 0.717) is 12.0 Å². The highest BCUT2D eigenvalue weighted by Crippen LogP contribution is 2.16. The van der Waals surface area contributed by atoms with Crippen molar-refractivity contribution in [3.63, 3.8) is 0 Å². The van der Waals surface area contributed by atoms with Gasteiger partial charge in [-0.1, -0.05) is 13.8 Å². The van der Waals surface area contributed by atoms with Gasteiger partial charge < -0.3 is 15.5 Å². The Morgan fingerprint density at radius 2 is 1.86 bits per heavy atom. The lowest BCUT2D eigenvalue weighted by atomic mass is 10.0. The van der Waals surface area contributed by atoms with E-state index in [1.165, 1.54) is 9.88 Å². The van der Waals surface area contributed by atoms with Crippen LogP contribution in [0.5, 0.6) is 0 Å². The van der Waals surface area contributed by atoms with Gasteiger partial charge >= 0.3 is 0 Å². The Bertz CT molecular complexity index is 576. The Morgan fingerprint density at radius 3 is 2.39 bits per heavy atom. The van der Waals surface area contributed by atoms with Gasteiger partial charge in [0.25, 0.3) is 0 Å². The number of aliphatic imine (C=N–C) groups is 1. The van der Waals surface area contributed by atoms with Gasteiger partial charge in [0.05, 0.1) is 17.2 Å². The summed E-state index contributed by atoms with van der Waals surface area (Å²) in [4.78, 5) is 15.9. The highest BCUT2D eigenvalue weighted by atomic mass is 127. The van der Waals surface area contributed by atoms with Gasteiger partial charge in [-0.2, -0.15) is 0 Å². The molecule has 0 amide bonds. The van der Waals surface area contributed by atoms with Crippen molar-refractivity contribution < 1.29 is 0 Å². The number of piperazine rings is 1. The molecule has 1 saturated heterocycles. The Balaban J connectivity index is 0.00000392. The lowest BCUT2D eigenvalue weighted by molar-refractivity contribution is 0.0925. The molecule has 2 heterocycles. The average Bonchev–Trinajstić information content (AvgIpc) is 2.94. The first kappa shape index (κ1) is 25.6. The number of guanidine groups is 1. The van der Waals surface area contributed by atoms with E-state index in [9.17, 15) is 0 Å². The molecule has 0 radical (unpaired) electrons. The smallest absolute Gasteiger partial charge is 0.191 e. The van der Waals surface area contributed by atoms with Crippen LogP contribution in [0.4, 0.5) is 0 Å². The molecule has 2 N–H and O–H groups in total. The molecule has 1 aromatic heterocycles. The number of nitrogens with one attached hydrogen (secondary N) is 2. The van der Waals surface area contributed by atoms with Crippen molar-refractivity contribution in [2.24, 2.45) is 10.9 Å². The minimum absolute atomic E-state index is 0. The fraction of sp³-hybridized carbons (Fsp3) is 0.800. The number of thiazole rings is 1. The van der Waals surface area contributed by atoms with E-state index in [1.54, 1.807) is 11.3 Å². The molecular weight excluding hydrogens is 483 g/mol. The number of hydrogen-bond donors (Lipinski definition) is 2. The molecule has 0 bridgehead atoms. The van der Waals surface area contributed by atoms with Gasteiger partial charge in [-0.05, 0) is 33.7 Å². The molecule has 1 aliphatic rings. The Hall–Kier alpha value is -0.450. The zero-order valence-corrected chi connectivity index (χ0v) is 21.6. The summed E-state index contributed by atoms with van der Waals surface area (Å²) in [5, 5.41) is 8.07. The zero-order valence-electron chi connectivity index (χ0n) is 18.4. The lowest BCUT2D eigenvalue weighted by Gasteiger charge is -2.39. The number of aryl methyl sites for hydroxylation is 2. The molecule has 162 valence electrons. The predicted octanol–water partition coefficient (Wildman–Crippen LogP) is 2.75. The third-order valence-electron chi connectivity index (χ3n) is 5.26. The molecular formula is C20H39IN6S. The average molecular weight is 523 g/mol. The second-order valence-corrected chi connectivity index (χ2v) is 9.08. The summed E-state index contributed by atoms with van der Waals surface area (Å²) >= 11 is 1.80. The quantitative estimate of drug-likeness (QED) is 0.313. The van der Waals surface area contributed by atoms with E-state index in [1.807, 2.05) is 0 Å². The van der Waals surface area contributed by atoms with Crippen molar-refractivity contribution >= 4 is 41.3 Å². The van der Waals surface area contributed by atoms with E-state index in [4.69, 9.17) is 4.99 Å². The van der Waals surface area contributed by atoms with Gasteiger partial charge in [0.15, 0.2) is 5.96 Å². The first-order chi connectivity index (χ1) is 12.9. The van der Waals surface area contributed by atoms with Crippen LogP contribution in [0, 0.1) is 19.8 Å². The van der Waals surface area contributed by atoms with Crippen molar-refractivity contribution in [2.75, 3.05) is 52.9 Å². The summed E-state index contributed by atoms with van der Waals surface area (Å²) in [6.07, 6.45) is 0.940. The molecule has 1 fully saturated rings. The maximum absolute atomic E-state index is 4.91. The van der Waals surface area contributed by atoms with Gasteiger partial charge in [-0.3, -0.25) is 9.89 Å². The number of rotatable bonds is 8. The molecule has 8 heteroatoms. The van der Waals surface area contributed by atoms with E-state index < -0.39 is 0 Å². The summed E-state index contributed by atoms with van der Waals surface area (Å²) in [5.74, 6) is 1.52. The van der Waals surface area contributed by atoms with Crippen LogP contribution in [0.25, 0.3) is 0 Å². The normalized spacial score (nSPS) is 17.5. The molecule has 0 aliphatic carbocycles. The third-order valence-corrected chi connectivity index (χ3v) is 6.39. The predicted molar refractivity (Wildman–Crippen MR) is 132 cm³/mol. The first-order valence-corrected chi connectivity index (χ1v) is 11.1. The first-order valence-electron chi connectivity index (χ1n) is 10.3. The van der Waals surface area contributed by atoms with Crippen LogP contribution in [-0.4, -0.2) is 79.6 Å². The molecule has 6 nitrogen and oxygen atoms in total. The van der Waals surface area contributed by atoms with Gasteiger partial charge in [0.2, 0.25) is 0 Å². The van der Waals surface area contributed by atoms with Crippen LogP contribution in [0.1, 0.15) is 36.3 Å². The highest BCUT2D eigenvalue weighted by Gasteiger charge is 2.24. The van der Waals surface area contributed by atoms with Crippen LogP contribution in [0.2, 0.25) is 0 Å². The van der Waals surface area contributed by atoms with Crippen molar-refractivity contribution in [3.05, 3.63) is 15.6 Å². The summed E-state index contributed by atoms with van der Waals surface area (Å²) in [7, 11) is 2.21. The topological polar surface area (TPSA) is 55.8 Å². The monoisotopic (exact) mass is 522 g/mol. The minimum Gasteiger partial charge on any atom is -0.357 e. The van der Waals surface area contributed by atoms with E-state index >= 15 is 0 Å². The summed E-state index contributed by atoms with van der Waals surface area (Å²) in [6.45, 7) is 18.1. The molecule has 1 aromatic rings. The fourth-order valence-corrected chi connectivity index (χ4v) is 4.30. The third kappa shape index (κ3) is 8.12. The molecule has 1 unspecified atom stereocenters. The number of likely N-dealkylation sites (N-methyl/N-ethyl adjacent to an activating group) is 1. The Morgan fingerprint density at radius 1 is 1.18 bits per heavy atom. The van der Waals surface area contributed by atoms with Crippen molar-refractivity contribution in [2.45, 2.75) is 47.1 Å². The molecule has 2 rings (SSSR count). The van der Waals surface area contributed by atoms with E-state index in [-0.39, 0.29) is 24.0 Å². The van der Waals surface area contributed by atoms with Crippen molar-refractivity contribution in [1.29, 1.82) is 0 Å². The Labute approximate surface area is 192 Å². The van der Waals surface area contributed by atoms with Gasteiger partial charge in [0, 0.05) is 56.6 Å². The highest BCUT2D eigenvalue weighted by molar-refractivity contribution is 14.0. The maximum Gasteiger partial charge on any atom is 0.191 e. The van der Waals surface area contributed by atoms with Crippen LogP contribution in [-0.2, 0) is 6.42 Å². The molecule has 0 spiro atoms. The summed E-state index contributed by atoms with van der Waals surface area (Å²) in [5.41, 5.74) is 1.16. The summed E-state index contributed by atoms with van der Waals surface area (Å²) < 4.78 is 0. The fourth-order valence-electron chi connectivity index (χ4n) is 3.36. The molecule has 28 heavy (non-hydrogen) atoms. The Kier molecular flexibility index (Phi) is 11.9. The van der Waals surface area contributed by atoms with Gasteiger partial charge in [-0.25, -0.2) is 4.98 Å². The molecule has 0 saturated carbocycles. The van der Waals surface area contributed by atoms with Gasteiger partial charge in [-0.15, -0.1) is 35.3 Å². The maximum atomic E-state index is 4.91. The van der Waals surface area contributed by atoms with E-state index in [0.717, 1.165) is 63.9 Å². The number of nitrogens with zero attached hydrogens (tertiary/aromatic N) is 4. The molecule has 1 atom stereocenters. The minimum atomic E-state index is 0. The SMILES string of the molecule is CCNC(=NCC(C(C)C)N1CCN(C)CC1)NCCc1nc(C)c(C)s1.I. The number of aromatic nitrogens is 1. The van der Waals surface area contributed by atoms with Crippen LogP contribution >= 0.6 is 35.3 Å². The molecule has 1 aliphatic heterocycles. The lowest BCUT2D eigenvalue weighted by Crippen LogP contribution is -2.52. The van der Waals surface area contributed by atoms with Crippen LogP contribution < -0.4 is 10.6 Å². The second-order valence-electron chi connectivity index (χ2n) is 7.80. The number of hydrogen-bond acceptors (Lipinski definition) is 5. The van der Waals surface area contributed by atoms with Crippen LogP contribution in [0.15, 0.2) is 4.99 Å². The summed E-state index contributed by atoms with van der Waals surface area (Å²) in [6, 6.07) is 0.499. The van der Waals surface area contributed by atoms with Crippen molar-refractivity contribution in [3.8, 4) is 0 Å². The van der Waals surface area contributed by atoms with E-state index in [2.05, 4.69) is 67.1 Å². The van der Waals surface area contributed by atoms with Crippen LogP contribution in [0.3, 0.4) is 0 Å². The van der Waals surface area contributed by atoms with Crippen molar-refractivity contribution in [1.82, 2.24) is 25.4 Å². The van der Waals surface area contributed by atoms with Gasteiger partial charge in [0.1, 0.15) is 0 Å².